The van der Waals surface area contributed by atoms with Crippen LogP contribution < -0.4 is 5.56 Å². The number of amides is 1. The lowest BCUT2D eigenvalue weighted by Crippen LogP contribution is -2.35. The van der Waals surface area contributed by atoms with Crippen molar-refractivity contribution in [3.05, 3.63) is 81.9 Å². The summed E-state index contributed by atoms with van der Waals surface area (Å²) in [6.45, 7) is 4.30. The average molecular weight is 352 g/mol. The van der Waals surface area contributed by atoms with Gasteiger partial charge < -0.3 is 9.88 Å². The fourth-order valence-electron chi connectivity index (χ4n) is 3.18. The Morgan fingerprint density at radius 1 is 1.15 bits per heavy atom. The molecule has 0 aliphatic rings. The highest BCUT2D eigenvalue weighted by Gasteiger charge is 2.21. The van der Waals surface area contributed by atoms with Gasteiger partial charge in [0.25, 0.3) is 5.56 Å². The van der Waals surface area contributed by atoms with E-state index >= 15 is 0 Å². The zero-order chi connectivity index (χ0) is 18.7. The first-order chi connectivity index (χ1) is 12.5. The molecule has 2 aromatic carbocycles. The summed E-state index contributed by atoms with van der Waals surface area (Å²) in [7, 11) is 0. The Balaban J connectivity index is 1.84. The summed E-state index contributed by atoms with van der Waals surface area (Å²) in [5, 5.41) is 0.893. The van der Waals surface area contributed by atoms with Crippen LogP contribution >= 0.6 is 0 Å². The van der Waals surface area contributed by atoms with E-state index in [1.165, 1.54) is 12.1 Å². The second-order valence-corrected chi connectivity index (χ2v) is 6.30. The third-order valence-electron chi connectivity index (χ3n) is 4.65. The molecule has 26 heavy (non-hydrogen) atoms. The molecule has 1 heterocycles. The Morgan fingerprint density at radius 2 is 1.85 bits per heavy atom. The maximum atomic E-state index is 13.1. The van der Waals surface area contributed by atoms with Gasteiger partial charge in [-0.25, -0.2) is 4.39 Å². The van der Waals surface area contributed by atoms with Gasteiger partial charge in [0.15, 0.2) is 0 Å². The number of carbonyl (C=O) groups excluding carboxylic acids is 1. The van der Waals surface area contributed by atoms with Gasteiger partial charge in [-0.05, 0) is 49.1 Å². The number of H-pyrrole nitrogens is 1. The number of benzene rings is 2. The van der Waals surface area contributed by atoms with Gasteiger partial charge in [0, 0.05) is 17.6 Å². The number of nitrogens with one attached hydrogen (secondary N) is 1. The molecule has 0 aliphatic heterocycles. The molecule has 0 bridgehead atoms. The van der Waals surface area contributed by atoms with Crippen molar-refractivity contribution < 1.29 is 9.18 Å². The molecule has 0 radical (unpaired) electrons. The summed E-state index contributed by atoms with van der Waals surface area (Å²) in [6, 6.07) is 15.2. The van der Waals surface area contributed by atoms with Gasteiger partial charge in [0.2, 0.25) is 5.91 Å². The summed E-state index contributed by atoms with van der Waals surface area (Å²) in [6.07, 6.45) is 0.0273. The molecule has 0 aliphatic carbocycles. The normalized spacial score (nSPS) is 12.1. The van der Waals surface area contributed by atoms with Gasteiger partial charge in [-0.3, -0.25) is 9.59 Å². The Morgan fingerprint density at radius 3 is 2.54 bits per heavy atom. The van der Waals surface area contributed by atoms with Crippen LogP contribution in [0.25, 0.3) is 10.9 Å². The minimum Gasteiger partial charge on any atom is -0.336 e. The van der Waals surface area contributed by atoms with Crippen molar-refractivity contribution in [3.63, 3.8) is 0 Å². The lowest BCUT2D eigenvalue weighted by Gasteiger charge is -2.28. The molecule has 1 atom stereocenters. The summed E-state index contributed by atoms with van der Waals surface area (Å²) in [4.78, 5) is 29.6. The third-order valence-corrected chi connectivity index (χ3v) is 4.65. The quantitative estimate of drug-likeness (QED) is 0.759. The maximum Gasteiger partial charge on any atom is 0.252 e. The molecule has 3 rings (SSSR count). The summed E-state index contributed by atoms with van der Waals surface area (Å²) in [5.41, 5.74) is 1.80. The second kappa shape index (κ2) is 7.52. The highest BCUT2D eigenvalue weighted by Crippen LogP contribution is 2.21. The number of aromatic nitrogens is 1. The van der Waals surface area contributed by atoms with Crippen molar-refractivity contribution in [2.24, 2.45) is 0 Å². The van der Waals surface area contributed by atoms with Crippen LogP contribution in [0.2, 0.25) is 0 Å². The molecule has 4 nitrogen and oxygen atoms in total. The van der Waals surface area contributed by atoms with Crippen LogP contribution in [0.3, 0.4) is 0 Å². The van der Waals surface area contributed by atoms with Crippen molar-refractivity contribution in [2.45, 2.75) is 26.3 Å². The zero-order valence-electron chi connectivity index (χ0n) is 14.8. The van der Waals surface area contributed by atoms with Crippen LogP contribution in [0.15, 0.2) is 59.4 Å². The number of para-hydroxylation sites is 1. The molecule has 1 aromatic heterocycles. The number of nitrogens with zero attached hydrogens (tertiary/aromatic N) is 1. The zero-order valence-corrected chi connectivity index (χ0v) is 14.8. The molecule has 0 saturated heterocycles. The Kier molecular flexibility index (Phi) is 5.16. The number of hydrogen-bond donors (Lipinski definition) is 1. The van der Waals surface area contributed by atoms with E-state index < -0.39 is 0 Å². The summed E-state index contributed by atoms with van der Waals surface area (Å²) >= 11 is 0. The van der Waals surface area contributed by atoms with E-state index in [1.54, 1.807) is 23.1 Å². The fraction of sp³-hybridized carbons (Fsp3) is 0.238. The fourth-order valence-corrected chi connectivity index (χ4v) is 3.18. The van der Waals surface area contributed by atoms with Crippen molar-refractivity contribution >= 4 is 16.8 Å². The van der Waals surface area contributed by atoms with Gasteiger partial charge in [-0.1, -0.05) is 30.3 Å². The van der Waals surface area contributed by atoms with Crippen LogP contribution in [0.5, 0.6) is 0 Å². The largest absolute Gasteiger partial charge is 0.336 e. The molecule has 3 aromatic rings. The van der Waals surface area contributed by atoms with E-state index in [9.17, 15) is 14.0 Å². The van der Waals surface area contributed by atoms with Crippen LogP contribution in [-0.2, 0) is 11.2 Å². The van der Waals surface area contributed by atoms with Gasteiger partial charge in [0.1, 0.15) is 5.82 Å². The smallest absolute Gasteiger partial charge is 0.252 e. The van der Waals surface area contributed by atoms with E-state index in [4.69, 9.17) is 0 Å². The van der Waals surface area contributed by atoms with Crippen molar-refractivity contribution in [3.8, 4) is 0 Å². The molecular weight excluding hydrogens is 331 g/mol. The predicted molar refractivity (Wildman–Crippen MR) is 100 cm³/mol. The molecule has 134 valence electrons. The first kappa shape index (κ1) is 17.9. The molecule has 1 unspecified atom stereocenters. The van der Waals surface area contributed by atoms with Crippen LogP contribution in [-0.4, -0.2) is 22.3 Å². The third kappa shape index (κ3) is 3.67. The summed E-state index contributed by atoms with van der Waals surface area (Å²) in [5.74, 6) is -0.442. The monoisotopic (exact) mass is 352 g/mol. The molecule has 0 fully saturated rings. The number of halogens is 1. The van der Waals surface area contributed by atoms with Crippen molar-refractivity contribution in [1.82, 2.24) is 9.88 Å². The highest BCUT2D eigenvalue weighted by molar-refractivity contribution is 5.82. The summed E-state index contributed by atoms with van der Waals surface area (Å²) < 4.78 is 13.1. The van der Waals surface area contributed by atoms with Gasteiger partial charge >= 0.3 is 0 Å². The number of rotatable bonds is 5. The Labute approximate surface area is 151 Å². The first-order valence-corrected chi connectivity index (χ1v) is 8.65. The van der Waals surface area contributed by atoms with Gasteiger partial charge in [-0.2, -0.15) is 0 Å². The molecule has 1 amide bonds. The molecular formula is C21H21FN2O2. The molecule has 5 heteroatoms. The van der Waals surface area contributed by atoms with Crippen molar-refractivity contribution in [2.75, 3.05) is 6.54 Å². The Hall–Kier alpha value is -2.95. The highest BCUT2D eigenvalue weighted by atomic mass is 19.1. The standard InChI is InChI=1S/C21H21FN2O2/c1-3-24(14(2)15-8-10-18(22)11-9-15)20(25)13-17-12-16-6-4-5-7-19(16)23-21(17)26/h4-12,14H,3,13H2,1-2H3,(H,23,26). The SMILES string of the molecule is CCN(C(=O)Cc1cc2ccccc2[nH]c1=O)C(C)c1ccc(F)cc1. The number of pyridine rings is 1. The maximum absolute atomic E-state index is 13.1. The topological polar surface area (TPSA) is 53.2 Å². The predicted octanol–water partition coefficient (Wildman–Crippen LogP) is 3.82. The van der Waals surface area contributed by atoms with Crippen molar-refractivity contribution in [1.29, 1.82) is 0 Å². The lowest BCUT2D eigenvalue weighted by atomic mass is 10.0. The van der Waals surface area contributed by atoms with E-state index in [0.29, 0.717) is 12.1 Å². The molecule has 1 N–H and O–H groups in total. The lowest BCUT2D eigenvalue weighted by molar-refractivity contribution is -0.132. The minimum absolute atomic E-state index is 0.0273. The number of carbonyl (C=O) groups is 1. The van der Waals surface area contributed by atoms with Crippen LogP contribution in [0.4, 0.5) is 4.39 Å². The first-order valence-electron chi connectivity index (χ1n) is 8.65. The second-order valence-electron chi connectivity index (χ2n) is 6.30. The molecule has 0 spiro atoms. The number of hydrogen-bond acceptors (Lipinski definition) is 2. The number of fused-ring (bicyclic) bond motifs is 1. The van der Waals surface area contributed by atoms with E-state index in [0.717, 1.165) is 16.5 Å². The Bertz CT molecular complexity index is 979. The number of likely N-dealkylation sites (N-methyl/N-ethyl adjacent to an activating group) is 1. The van der Waals surface area contributed by atoms with Gasteiger partial charge in [-0.15, -0.1) is 0 Å². The molecule has 0 saturated carbocycles. The average Bonchev–Trinajstić information content (AvgIpc) is 2.63. The van der Waals surface area contributed by atoms with E-state index in [-0.39, 0.29) is 29.7 Å². The van der Waals surface area contributed by atoms with Gasteiger partial charge in [0.05, 0.1) is 12.5 Å². The number of aromatic amines is 1. The van der Waals surface area contributed by atoms with Crippen LogP contribution in [0, 0.1) is 5.82 Å². The van der Waals surface area contributed by atoms with Crippen LogP contribution in [0.1, 0.15) is 31.0 Å². The van der Waals surface area contributed by atoms with E-state index in [2.05, 4.69) is 4.98 Å². The van der Waals surface area contributed by atoms with E-state index in [1.807, 2.05) is 38.1 Å². The minimum atomic E-state index is -0.307.